The van der Waals surface area contributed by atoms with Crippen LogP contribution in [0.15, 0.2) is 15.9 Å². The molecule has 30 heavy (non-hydrogen) atoms. The number of aryl methyl sites for hydroxylation is 1. The zero-order valence-electron chi connectivity index (χ0n) is 17.8. The summed E-state index contributed by atoms with van der Waals surface area (Å²) in [6.45, 7) is 3.55. The van der Waals surface area contributed by atoms with E-state index in [1.165, 1.54) is 16.5 Å². The molecule has 0 aliphatic carbocycles. The molecule has 2 atom stereocenters. The number of hydrogen-bond donors (Lipinski definition) is 1. The molecule has 0 saturated carbocycles. The number of ether oxygens (including phenoxy) is 1. The first-order valence-electron chi connectivity index (χ1n) is 10.6. The second-order valence-corrected chi connectivity index (χ2v) is 8.45. The summed E-state index contributed by atoms with van der Waals surface area (Å²) in [4.78, 5) is 42.4. The van der Waals surface area contributed by atoms with E-state index in [0.717, 1.165) is 43.2 Å². The Morgan fingerprint density at radius 2 is 1.87 bits per heavy atom. The van der Waals surface area contributed by atoms with Gasteiger partial charge in [0.05, 0.1) is 31.5 Å². The normalized spacial score (nSPS) is 25.3. The summed E-state index contributed by atoms with van der Waals surface area (Å²) in [7, 11) is 3.13. The first kappa shape index (κ1) is 22.6. The Bertz CT molecular complexity index is 1030. The monoisotopic (exact) mass is 439 g/mol. The summed E-state index contributed by atoms with van der Waals surface area (Å²) in [6.07, 6.45) is 7.17. The fourth-order valence-electron chi connectivity index (χ4n) is 5.15. The van der Waals surface area contributed by atoms with Crippen LogP contribution in [0.3, 0.4) is 0 Å². The van der Waals surface area contributed by atoms with E-state index in [0.29, 0.717) is 36.2 Å². The lowest BCUT2D eigenvalue weighted by atomic mass is 9.99. The van der Waals surface area contributed by atoms with Gasteiger partial charge in [0.1, 0.15) is 6.10 Å². The van der Waals surface area contributed by atoms with Crippen molar-refractivity contribution >= 4 is 17.1 Å². The van der Waals surface area contributed by atoms with Crippen LogP contribution in [0.25, 0.3) is 11.2 Å². The van der Waals surface area contributed by atoms with Gasteiger partial charge in [0.2, 0.25) is 0 Å². The molecule has 9 nitrogen and oxygen atoms in total. The Morgan fingerprint density at radius 3 is 2.50 bits per heavy atom. The fraction of sp³-hybridized carbons (Fsp3) is 0.700. The van der Waals surface area contributed by atoms with Gasteiger partial charge in [-0.25, -0.2) is 9.78 Å². The number of hydrogen-bond acceptors (Lipinski definition) is 5. The molecule has 4 rings (SSSR count). The van der Waals surface area contributed by atoms with Gasteiger partial charge < -0.3 is 26.6 Å². The smallest absolute Gasteiger partial charge is 0.332 e. The van der Waals surface area contributed by atoms with Crippen LogP contribution in [0, 0.1) is 0 Å². The van der Waals surface area contributed by atoms with Crippen molar-refractivity contribution in [1.29, 1.82) is 0 Å². The second-order valence-electron chi connectivity index (χ2n) is 8.45. The zero-order chi connectivity index (χ0) is 20.7. The number of esters is 1. The minimum Gasteiger partial charge on any atom is -1.00 e. The SMILES string of the molecule is CCCC(=O)OC1CC2CCC(C1)[NH+]2CCn1cnc2c1c(=O)n(C)c(=O)n2C.[Cl-]. The van der Waals surface area contributed by atoms with E-state index in [1.807, 2.05) is 11.5 Å². The number of fused-ring (bicyclic) bond motifs is 3. The third-order valence-electron chi connectivity index (χ3n) is 6.62. The van der Waals surface area contributed by atoms with Gasteiger partial charge in [-0.2, -0.15) is 0 Å². The van der Waals surface area contributed by atoms with Gasteiger partial charge in [-0.3, -0.25) is 18.7 Å². The summed E-state index contributed by atoms with van der Waals surface area (Å²) in [5, 5.41) is 0. The molecule has 2 saturated heterocycles. The van der Waals surface area contributed by atoms with Crippen molar-refractivity contribution in [2.45, 2.75) is 70.2 Å². The maximum absolute atomic E-state index is 12.6. The lowest BCUT2D eigenvalue weighted by Gasteiger charge is -2.35. The molecule has 2 aliphatic rings. The maximum atomic E-state index is 12.6. The molecule has 0 aromatic carbocycles. The van der Waals surface area contributed by atoms with E-state index in [4.69, 9.17) is 4.74 Å². The van der Waals surface area contributed by atoms with E-state index in [1.54, 1.807) is 13.4 Å². The molecule has 2 aliphatic heterocycles. The van der Waals surface area contributed by atoms with E-state index in [2.05, 4.69) is 4.98 Å². The molecule has 2 aromatic rings. The highest BCUT2D eigenvalue weighted by atomic mass is 35.5. The van der Waals surface area contributed by atoms with Crippen LogP contribution in [0.2, 0.25) is 0 Å². The van der Waals surface area contributed by atoms with Crippen molar-refractivity contribution in [2.24, 2.45) is 14.1 Å². The number of carbonyl (C=O) groups excluding carboxylic acids is 1. The first-order chi connectivity index (χ1) is 13.9. The highest BCUT2D eigenvalue weighted by Crippen LogP contribution is 2.25. The van der Waals surface area contributed by atoms with Gasteiger partial charge in [-0.1, -0.05) is 6.92 Å². The van der Waals surface area contributed by atoms with Crippen molar-refractivity contribution in [3.05, 3.63) is 27.2 Å². The van der Waals surface area contributed by atoms with Gasteiger partial charge in [-0.05, 0) is 6.42 Å². The van der Waals surface area contributed by atoms with Crippen LogP contribution in [0.5, 0.6) is 0 Å². The average Bonchev–Trinajstić information content (AvgIpc) is 3.21. The van der Waals surface area contributed by atoms with Crippen LogP contribution < -0.4 is 28.6 Å². The Balaban J connectivity index is 0.00000256. The maximum Gasteiger partial charge on any atom is 0.332 e. The lowest BCUT2D eigenvalue weighted by Crippen LogP contribution is -3.18. The highest BCUT2D eigenvalue weighted by Gasteiger charge is 2.45. The van der Waals surface area contributed by atoms with E-state index in [9.17, 15) is 14.4 Å². The van der Waals surface area contributed by atoms with E-state index < -0.39 is 0 Å². The van der Waals surface area contributed by atoms with Gasteiger partial charge >= 0.3 is 11.7 Å². The van der Waals surface area contributed by atoms with Gasteiger partial charge in [-0.15, -0.1) is 0 Å². The third kappa shape index (κ3) is 3.92. The van der Waals surface area contributed by atoms with Crippen molar-refractivity contribution in [3.63, 3.8) is 0 Å². The van der Waals surface area contributed by atoms with Crippen molar-refractivity contribution < 1.29 is 26.8 Å². The van der Waals surface area contributed by atoms with E-state index >= 15 is 0 Å². The Hall–Kier alpha value is -2.13. The molecule has 2 aromatic heterocycles. The molecule has 0 amide bonds. The molecule has 4 heterocycles. The highest BCUT2D eigenvalue weighted by molar-refractivity contribution is 5.70. The molecule has 2 bridgehead atoms. The third-order valence-corrected chi connectivity index (χ3v) is 6.62. The molecular formula is C20H30ClN5O4. The number of nitrogens with zero attached hydrogens (tertiary/aromatic N) is 4. The lowest BCUT2D eigenvalue weighted by molar-refractivity contribution is -0.942. The van der Waals surface area contributed by atoms with Crippen molar-refractivity contribution in [2.75, 3.05) is 6.54 Å². The zero-order valence-corrected chi connectivity index (χ0v) is 18.5. The van der Waals surface area contributed by atoms with E-state index in [-0.39, 0.29) is 35.7 Å². The number of carbonyl (C=O) groups is 1. The molecule has 0 spiro atoms. The largest absolute Gasteiger partial charge is 1.00 e. The van der Waals surface area contributed by atoms with Gasteiger partial charge in [0.15, 0.2) is 11.2 Å². The van der Waals surface area contributed by atoms with Crippen molar-refractivity contribution in [3.8, 4) is 0 Å². The van der Waals surface area contributed by atoms with Crippen LogP contribution >= 0.6 is 0 Å². The fourth-order valence-corrected chi connectivity index (χ4v) is 5.15. The number of imidazole rings is 1. The molecule has 0 radical (unpaired) electrons. The standard InChI is InChI=1S/C20H29N5O4.ClH/c1-4-5-16(26)29-15-10-13-6-7-14(11-15)25(13)9-8-24-12-21-18-17(24)19(27)23(3)20(28)22(18)2;/h12-15H,4-11H2,1-3H3;1H. The number of aromatic nitrogens is 4. The minimum absolute atomic E-state index is 0. The number of halogens is 1. The van der Waals surface area contributed by atoms with Gasteiger partial charge in [0.25, 0.3) is 5.56 Å². The molecule has 166 valence electrons. The van der Waals surface area contributed by atoms with Crippen LogP contribution in [0.4, 0.5) is 0 Å². The summed E-state index contributed by atoms with van der Waals surface area (Å²) in [6, 6.07) is 0.991. The Kier molecular flexibility index (Phi) is 6.71. The number of quaternary nitrogens is 1. The second kappa shape index (κ2) is 8.93. The predicted molar refractivity (Wildman–Crippen MR) is 107 cm³/mol. The molecule has 2 unspecified atom stereocenters. The number of piperidine rings is 1. The quantitative estimate of drug-likeness (QED) is 0.469. The Labute approximate surface area is 181 Å². The average molecular weight is 440 g/mol. The number of nitrogens with one attached hydrogen (secondary N) is 1. The summed E-state index contributed by atoms with van der Waals surface area (Å²) in [5.41, 5.74) is 0.235. The summed E-state index contributed by atoms with van der Waals surface area (Å²) >= 11 is 0. The first-order valence-corrected chi connectivity index (χ1v) is 10.6. The summed E-state index contributed by atoms with van der Waals surface area (Å²) < 4.78 is 10.1. The molecular weight excluding hydrogens is 410 g/mol. The minimum atomic E-state index is -0.365. The topological polar surface area (TPSA) is 92.6 Å². The predicted octanol–water partition coefficient (Wildman–Crippen LogP) is -3.64. The van der Waals surface area contributed by atoms with Crippen molar-refractivity contribution in [1.82, 2.24) is 18.7 Å². The Morgan fingerprint density at radius 1 is 1.20 bits per heavy atom. The molecule has 2 fully saturated rings. The van der Waals surface area contributed by atoms with Gasteiger partial charge in [0, 0.05) is 46.2 Å². The van der Waals surface area contributed by atoms with Crippen LogP contribution in [-0.2, 0) is 30.2 Å². The summed E-state index contributed by atoms with van der Waals surface area (Å²) in [5.74, 6) is -0.0771. The van der Waals surface area contributed by atoms with Crippen LogP contribution in [0.1, 0.15) is 45.4 Å². The molecule has 10 heteroatoms. The number of rotatable bonds is 6. The van der Waals surface area contributed by atoms with Crippen LogP contribution in [-0.4, -0.2) is 49.4 Å². The molecule has 1 N–H and O–H groups in total.